The summed E-state index contributed by atoms with van der Waals surface area (Å²) in [5.41, 5.74) is 4.34. The Morgan fingerprint density at radius 1 is 1.07 bits per heavy atom. The van der Waals surface area contributed by atoms with Gasteiger partial charge in [-0.2, -0.15) is 10.2 Å². The zero-order chi connectivity index (χ0) is 28.6. The zero-order valence-electron chi connectivity index (χ0n) is 22.3. The maximum Gasteiger partial charge on any atom is 0.573 e. The molecule has 3 aromatic heterocycles. The highest BCUT2D eigenvalue weighted by atomic mass is 32.1. The number of alkyl halides is 3. The molecule has 0 spiro atoms. The average molecular weight is 580 g/mol. The largest absolute Gasteiger partial charge is 0.573 e. The molecular weight excluding hydrogens is 551 g/mol. The fourth-order valence-corrected chi connectivity index (χ4v) is 6.42. The van der Waals surface area contributed by atoms with Crippen molar-refractivity contribution in [3.63, 3.8) is 0 Å². The number of rotatable bonds is 9. The van der Waals surface area contributed by atoms with E-state index in [1.165, 1.54) is 12.1 Å². The molecule has 2 N–H and O–H groups in total. The molecule has 41 heavy (non-hydrogen) atoms. The van der Waals surface area contributed by atoms with Crippen LogP contribution < -0.4 is 15.4 Å². The maximum atomic E-state index is 12.5. The number of aromatic nitrogens is 4. The van der Waals surface area contributed by atoms with Gasteiger partial charge in [0, 0.05) is 31.1 Å². The number of anilines is 2. The summed E-state index contributed by atoms with van der Waals surface area (Å²) < 4.78 is 42.5. The van der Waals surface area contributed by atoms with Crippen molar-refractivity contribution in [2.24, 2.45) is 5.92 Å². The smallest absolute Gasteiger partial charge is 0.406 e. The minimum Gasteiger partial charge on any atom is -0.406 e. The third kappa shape index (κ3) is 6.35. The van der Waals surface area contributed by atoms with Crippen molar-refractivity contribution in [2.75, 3.05) is 10.6 Å². The van der Waals surface area contributed by atoms with Crippen molar-refractivity contribution in [1.29, 1.82) is 5.26 Å². The first-order valence-electron chi connectivity index (χ1n) is 13.6. The molecule has 2 fully saturated rings. The predicted molar refractivity (Wildman–Crippen MR) is 151 cm³/mol. The van der Waals surface area contributed by atoms with Crippen LogP contribution in [0.3, 0.4) is 0 Å². The van der Waals surface area contributed by atoms with E-state index in [2.05, 4.69) is 26.4 Å². The van der Waals surface area contributed by atoms with Gasteiger partial charge in [0.15, 0.2) is 0 Å². The number of benzene rings is 1. The summed E-state index contributed by atoms with van der Waals surface area (Å²) in [6, 6.07) is 10.1. The SMILES string of the molecule is Cc1nc(NCc2ccc(OC(F)(F)F)cc2)nc(NC2CCC(CC#N)C2)c1-c1nc2c(C3CC3)nccc2s1. The van der Waals surface area contributed by atoms with Crippen molar-refractivity contribution in [3.8, 4) is 22.4 Å². The van der Waals surface area contributed by atoms with Crippen LogP contribution in [0.4, 0.5) is 24.9 Å². The Morgan fingerprint density at radius 3 is 2.61 bits per heavy atom. The number of halogens is 3. The van der Waals surface area contributed by atoms with Crippen LogP contribution >= 0.6 is 11.3 Å². The number of nitrogens with zero attached hydrogens (tertiary/aromatic N) is 5. The van der Waals surface area contributed by atoms with Crippen LogP contribution in [0.5, 0.6) is 5.75 Å². The molecule has 12 heteroatoms. The van der Waals surface area contributed by atoms with Gasteiger partial charge in [0.2, 0.25) is 5.95 Å². The Hall–Kier alpha value is -3.98. The summed E-state index contributed by atoms with van der Waals surface area (Å²) >= 11 is 1.60. The highest BCUT2D eigenvalue weighted by Gasteiger charge is 2.31. The van der Waals surface area contributed by atoms with Crippen molar-refractivity contribution >= 4 is 33.3 Å². The number of ether oxygens (including phenoxy) is 1. The van der Waals surface area contributed by atoms with Gasteiger partial charge in [0.25, 0.3) is 0 Å². The standard InChI is InChI=1S/C29H28F3N7OS/c1-16-23(27-38-25-22(41-27)11-13-34-24(25)19-5-6-19)26(37-20-7-2-17(14-20)10-12-33)39-28(36-16)35-15-18-3-8-21(9-4-18)40-29(30,31)32/h3-4,8-9,11,13,17,19-20H,2,5-7,10,14-15H2,1H3,(H2,35,36,37,39). The minimum absolute atomic E-state index is 0.175. The van der Waals surface area contributed by atoms with Crippen LogP contribution in [0.15, 0.2) is 36.5 Å². The normalized spacial score (nSPS) is 18.8. The van der Waals surface area contributed by atoms with E-state index in [9.17, 15) is 13.2 Å². The van der Waals surface area contributed by atoms with Crippen molar-refractivity contribution in [3.05, 3.63) is 53.5 Å². The maximum absolute atomic E-state index is 12.5. The molecule has 2 saturated carbocycles. The molecular formula is C29H28F3N7OS. The van der Waals surface area contributed by atoms with Crippen molar-refractivity contribution in [1.82, 2.24) is 19.9 Å². The molecule has 6 rings (SSSR count). The van der Waals surface area contributed by atoms with Gasteiger partial charge in [0.1, 0.15) is 22.1 Å². The summed E-state index contributed by atoms with van der Waals surface area (Å²) in [6.45, 7) is 2.24. The number of thiazole rings is 1. The lowest BCUT2D eigenvalue weighted by atomic mass is 10.1. The highest BCUT2D eigenvalue weighted by molar-refractivity contribution is 7.21. The van der Waals surface area contributed by atoms with Gasteiger partial charge in [-0.15, -0.1) is 24.5 Å². The molecule has 0 amide bonds. The second-order valence-electron chi connectivity index (χ2n) is 10.6. The summed E-state index contributed by atoms with van der Waals surface area (Å²) in [5, 5.41) is 16.8. The molecule has 0 saturated heterocycles. The third-order valence-electron chi connectivity index (χ3n) is 7.47. The van der Waals surface area contributed by atoms with Gasteiger partial charge < -0.3 is 15.4 Å². The Balaban J connectivity index is 1.28. The molecule has 8 nitrogen and oxygen atoms in total. The lowest BCUT2D eigenvalue weighted by Gasteiger charge is -2.18. The zero-order valence-corrected chi connectivity index (χ0v) is 23.1. The number of pyridine rings is 1. The summed E-state index contributed by atoms with van der Waals surface area (Å²) in [4.78, 5) is 19.2. The van der Waals surface area contributed by atoms with Crippen LogP contribution in [0.1, 0.15) is 61.4 Å². The summed E-state index contributed by atoms with van der Waals surface area (Å²) in [6.07, 6.45) is 2.76. The van der Waals surface area contributed by atoms with Gasteiger partial charge in [-0.05, 0) is 68.7 Å². The number of aryl methyl sites for hydroxylation is 1. The van der Waals surface area contributed by atoms with E-state index in [-0.39, 0.29) is 11.8 Å². The molecule has 4 aromatic rings. The molecule has 2 aliphatic rings. The Labute approximate surface area is 239 Å². The quantitative estimate of drug-likeness (QED) is 0.212. The van der Waals surface area contributed by atoms with Gasteiger partial charge >= 0.3 is 6.36 Å². The molecule has 2 atom stereocenters. The summed E-state index contributed by atoms with van der Waals surface area (Å²) in [7, 11) is 0. The molecule has 212 valence electrons. The first kappa shape index (κ1) is 27.2. The number of hydrogen-bond acceptors (Lipinski definition) is 9. The summed E-state index contributed by atoms with van der Waals surface area (Å²) in [5.74, 6) is 1.64. The molecule has 2 aliphatic carbocycles. The first-order chi connectivity index (χ1) is 19.8. The first-order valence-corrected chi connectivity index (χ1v) is 14.4. The van der Waals surface area contributed by atoms with Crippen LogP contribution in [-0.2, 0) is 6.54 Å². The Bertz CT molecular complexity index is 1600. The Morgan fingerprint density at radius 2 is 1.88 bits per heavy atom. The number of nitrogens with one attached hydrogen (secondary N) is 2. The van der Waals surface area contributed by atoms with Crippen LogP contribution in [0, 0.1) is 24.2 Å². The van der Waals surface area contributed by atoms with E-state index in [1.807, 2.05) is 19.2 Å². The van der Waals surface area contributed by atoms with Gasteiger partial charge in [0.05, 0.1) is 27.7 Å². The molecule has 1 aromatic carbocycles. The van der Waals surface area contributed by atoms with Crippen molar-refractivity contribution in [2.45, 2.75) is 70.3 Å². The van der Waals surface area contributed by atoms with Crippen LogP contribution in [0.25, 0.3) is 20.8 Å². The van der Waals surface area contributed by atoms with Crippen LogP contribution in [-0.4, -0.2) is 32.3 Å². The number of fused-ring (bicyclic) bond motifs is 1. The fraction of sp³-hybridized carbons (Fsp3) is 0.414. The third-order valence-corrected chi connectivity index (χ3v) is 8.51. The second-order valence-corrected chi connectivity index (χ2v) is 11.7. The highest BCUT2D eigenvalue weighted by Crippen LogP contribution is 2.44. The number of hydrogen-bond donors (Lipinski definition) is 2. The van der Waals surface area contributed by atoms with E-state index in [0.717, 1.165) is 69.8 Å². The molecule has 0 aliphatic heterocycles. The second kappa shape index (κ2) is 11.1. The topological polar surface area (TPSA) is 109 Å². The number of nitriles is 1. The molecule has 2 unspecified atom stereocenters. The fourth-order valence-electron chi connectivity index (χ4n) is 5.35. The lowest BCUT2D eigenvalue weighted by molar-refractivity contribution is -0.274. The molecule has 3 heterocycles. The van der Waals surface area contributed by atoms with Gasteiger partial charge in [-0.1, -0.05) is 12.1 Å². The van der Waals surface area contributed by atoms with E-state index in [1.54, 1.807) is 23.5 Å². The van der Waals surface area contributed by atoms with E-state index < -0.39 is 6.36 Å². The average Bonchev–Trinajstić information content (AvgIpc) is 3.53. The van der Waals surface area contributed by atoms with Crippen molar-refractivity contribution < 1.29 is 17.9 Å². The Kier molecular flexibility index (Phi) is 7.38. The van der Waals surface area contributed by atoms with Crippen LogP contribution in [0.2, 0.25) is 0 Å². The monoisotopic (exact) mass is 579 g/mol. The minimum atomic E-state index is -4.73. The lowest BCUT2D eigenvalue weighted by Crippen LogP contribution is -2.19. The predicted octanol–water partition coefficient (Wildman–Crippen LogP) is 7.34. The molecule has 0 bridgehead atoms. The van der Waals surface area contributed by atoms with Gasteiger partial charge in [-0.3, -0.25) is 4.98 Å². The van der Waals surface area contributed by atoms with E-state index in [0.29, 0.717) is 36.6 Å². The van der Waals surface area contributed by atoms with Gasteiger partial charge in [-0.25, -0.2) is 9.97 Å². The van der Waals surface area contributed by atoms with E-state index in [4.69, 9.17) is 20.2 Å². The molecule has 0 radical (unpaired) electrons. The van der Waals surface area contributed by atoms with E-state index >= 15 is 0 Å².